The summed E-state index contributed by atoms with van der Waals surface area (Å²) >= 11 is 0. The minimum absolute atomic E-state index is 0. The lowest BCUT2D eigenvalue weighted by Gasteiger charge is -2.36. The van der Waals surface area contributed by atoms with Gasteiger partial charge in [0.25, 0.3) is 0 Å². The van der Waals surface area contributed by atoms with Gasteiger partial charge < -0.3 is 19.9 Å². The first kappa shape index (κ1) is 21.1. The first-order valence-electron chi connectivity index (χ1n) is 8.49. The molecule has 2 aromatic heterocycles. The number of aliphatic imine (C=N–C) groups is 1. The van der Waals surface area contributed by atoms with Crippen LogP contribution in [0, 0.1) is 5.82 Å². The summed E-state index contributed by atoms with van der Waals surface area (Å²) in [6.07, 6.45) is 5.00. The number of ether oxygens (including phenoxy) is 1. The number of hydrogen-bond acceptors (Lipinski definition) is 6. The third-order valence-electron chi connectivity index (χ3n) is 3.97. The second-order valence-electron chi connectivity index (χ2n) is 5.64. The molecule has 8 nitrogen and oxygen atoms in total. The molecule has 1 aliphatic rings. The summed E-state index contributed by atoms with van der Waals surface area (Å²) < 4.78 is 18.8. The van der Waals surface area contributed by atoms with Crippen LogP contribution in [0.1, 0.15) is 0 Å². The van der Waals surface area contributed by atoms with E-state index in [1.165, 1.54) is 18.3 Å². The van der Waals surface area contributed by atoms with Crippen molar-refractivity contribution in [2.24, 2.45) is 4.99 Å². The fourth-order valence-electron chi connectivity index (χ4n) is 2.69. The topological polar surface area (TPSA) is 78.8 Å². The van der Waals surface area contributed by atoms with Gasteiger partial charge in [0.2, 0.25) is 11.8 Å². The molecule has 0 aliphatic carbocycles. The van der Waals surface area contributed by atoms with E-state index in [4.69, 9.17) is 4.74 Å². The van der Waals surface area contributed by atoms with E-state index in [1.54, 1.807) is 19.4 Å². The second-order valence-corrected chi connectivity index (χ2v) is 5.64. The highest BCUT2D eigenvalue weighted by atomic mass is 127. The smallest absolute Gasteiger partial charge is 0.250 e. The second kappa shape index (κ2) is 10.8. The Hall–Kier alpha value is -2.24. The van der Waals surface area contributed by atoms with Crippen molar-refractivity contribution in [3.05, 3.63) is 42.6 Å². The summed E-state index contributed by atoms with van der Waals surface area (Å²) in [5.41, 5.74) is 0. The third kappa shape index (κ3) is 5.88. The van der Waals surface area contributed by atoms with Crippen molar-refractivity contribution >= 4 is 35.9 Å². The highest BCUT2D eigenvalue weighted by Gasteiger charge is 2.20. The highest BCUT2D eigenvalue weighted by Crippen LogP contribution is 2.11. The van der Waals surface area contributed by atoms with Gasteiger partial charge in [-0.1, -0.05) is 0 Å². The Kier molecular flexibility index (Phi) is 8.43. The lowest BCUT2D eigenvalue weighted by atomic mass is 10.3. The van der Waals surface area contributed by atoms with Crippen LogP contribution in [0.25, 0.3) is 0 Å². The molecule has 1 N–H and O–H groups in total. The maximum atomic E-state index is 13.5. The largest absolute Gasteiger partial charge is 0.474 e. The van der Waals surface area contributed by atoms with E-state index >= 15 is 0 Å². The molecule has 0 spiro atoms. The van der Waals surface area contributed by atoms with Crippen LogP contribution in [0.4, 0.5) is 10.3 Å². The predicted molar refractivity (Wildman–Crippen MR) is 112 cm³/mol. The number of rotatable bonds is 5. The normalized spacial score (nSPS) is 14.5. The van der Waals surface area contributed by atoms with Gasteiger partial charge in [0, 0.05) is 51.8 Å². The molecule has 0 amide bonds. The minimum atomic E-state index is -0.462. The van der Waals surface area contributed by atoms with Gasteiger partial charge in [-0.05, 0) is 18.2 Å². The summed E-state index contributed by atoms with van der Waals surface area (Å²) in [6.45, 7) is 4.07. The molecule has 0 atom stereocenters. The van der Waals surface area contributed by atoms with Crippen LogP contribution in [0.15, 0.2) is 41.8 Å². The number of hydrogen-bond donors (Lipinski definition) is 1. The van der Waals surface area contributed by atoms with Gasteiger partial charge in [-0.3, -0.25) is 4.99 Å². The van der Waals surface area contributed by atoms with Crippen LogP contribution in [0.3, 0.4) is 0 Å². The Morgan fingerprint density at radius 3 is 2.52 bits per heavy atom. The average Bonchev–Trinajstić information content (AvgIpc) is 2.70. The van der Waals surface area contributed by atoms with E-state index in [1.807, 2.05) is 6.07 Å². The number of nitrogens with one attached hydrogen (secondary N) is 1. The number of nitrogens with zero attached hydrogens (tertiary/aromatic N) is 6. The number of guanidine groups is 1. The molecule has 3 heterocycles. The van der Waals surface area contributed by atoms with Gasteiger partial charge in [-0.25, -0.2) is 19.3 Å². The van der Waals surface area contributed by atoms with Gasteiger partial charge in [0.1, 0.15) is 6.61 Å². The monoisotopic (exact) mass is 487 g/mol. The van der Waals surface area contributed by atoms with E-state index in [0.717, 1.165) is 38.1 Å². The van der Waals surface area contributed by atoms with Crippen molar-refractivity contribution in [3.8, 4) is 5.88 Å². The Morgan fingerprint density at radius 1 is 1.15 bits per heavy atom. The maximum Gasteiger partial charge on any atom is 0.250 e. The van der Waals surface area contributed by atoms with Crippen LogP contribution in [-0.4, -0.2) is 72.2 Å². The van der Waals surface area contributed by atoms with Crippen molar-refractivity contribution < 1.29 is 9.13 Å². The number of pyridine rings is 1. The summed E-state index contributed by atoms with van der Waals surface area (Å²) in [7, 11) is 1.74. The first-order chi connectivity index (χ1) is 12.8. The fraction of sp³-hybridized carbons (Fsp3) is 0.412. The summed E-state index contributed by atoms with van der Waals surface area (Å²) in [5, 5.41) is 3.23. The summed E-state index contributed by atoms with van der Waals surface area (Å²) in [6, 6.07) is 4.66. The maximum absolute atomic E-state index is 13.5. The van der Waals surface area contributed by atoms with Crippen LogP contribution >= 0.6 is 24.0 Å². The molecule has 2 aromatic rings. The molecule has 0 aromatic carbocycles. The summed E-state index contributed by atoms with van der Waals surface area (Å²) in [4.78, 5) is 21.1. The lowest BCUT2D eigenvalue weighted by Crippen LogP contribution is -2.53. The SMILES string of the molecule is CN=C(NCCOc1ncccc1F)N1CCN(c2ncccn2)CC1.I. The van der Waals surface area contributed by atoms with Gasteiger partial charge in [-0.2, -0.15) is 0 Å². The Labute approximate surface area is 174 Å². The van der Waals surface area contributed by atoms with Gasteiger partial charge in [0.15, 0.2) is 11.8 Å². The van der Waals surface area contributed by atoms with E-state index in [9.17, 15) is 4.39 Å². The highest BCUT2D eigenvalue weighted by molar-refractivity contribution is 14.0. The molecule has 1 saturated heterocycles. The van der Waals surface area contributed by atoms with Gasteiger partial charge in [0.05, 0.1) is 6.54 Å². The Morgan fingerprint density at radius 2 is 1.85 bits per heavy atom. The standard InChI is InChI=1S/C17H22FN7O.HI/c1-19-16(23-8-13-26-15-14(18)4-2-5-20-15)24-9-11-25(12-10-24)17-21-6-3-7-22-17;/h2-7H,8-13H2,1H3,(H,19,23);1H. The van der Waals surface area contributed by atoms with Crippen molar-refractivity contribution in [1.29, 1.82) is 0 Å². The first-order valence-corrected chi connectivity index (χ1v) is 8.49. The molecule has 0 unspecified atom stereocenters. The van der Waals surface area contributed by atoms with E-state index in [0.29, 0.717) is 13.2 Å². The van der Waals surface area contributed by atoms with E-state index < -0.39 is 5.82 Å². The van der Waals surface area contributed by atoms with Crippen LogP contribution in [-0.2, 0) is 0 Å². The Bertz CT molecular complexity index is 726. The number of piperazine rings is 1. The molecule has 1 aliphatic heterocycles. The van der Waals surface area contributed by atoms with Crippen LogP contribution in [0.2, 0.25) is 0 Å². The van der Waals surface area contributed by atoms with Crippen molar-refractivity contribution in [2.75, 3.05) is 51.3 Å². The number of anilines is 1. The van der Waals surface area contributed by atoms with Gasteiger partial charge >= 0.3 is 0 Å². The zero-order valence-electron chi connectivity index (χ0n) is 15.1. The number of aromatic nitrogens is 3. The average molecular weight is 487 g/mol. The molecule has 10 heteroatoms. The predicted octanol–water partition coefficient (Wildman–Crippen LogP) is 1.41. The molecule has 0 radical (unpaired) electrons. The molecule has 1 fully saturated rings. The molecule has 146 valence electrons. The molecule has 27 heavy (non-hydrogen) atoms. The van der Waals surface area contributed by atoms with E-state index in [2.05, 4.69) is 35.1 Å². The van der Waals surface area contributed by atoms with Crippen molar-refractivity contribution in [1.82, 2.24) is 25.2 Å². The lowest BCUT2D eigenvalue weighted by molar-refractivity contribution is 0.288. The zero-order valence-corrected chi connectivity index (χ0v) is 17.4. The van der Waals surface area contributed by atoms with E-state index in [-0.39, 0.29) is 29.9 Å². The van der Waals surface area contributed by atoms with Crippen molar-refractivity contribution in [2.45, 2.75) is 0 Å². The molecule has 0 bridgehead atoms. The third-order valence-corrected chi connectivity index (χ3v) is 3.97. The molecule has 0 saturated carbocycles. The molecular formula is C17H23FIN7O. The van der Waals surface area contributed by atoms with Gasteiger partial charge in [-0.15, -0.1) is 24.0 Å². The fourth-order valence-corrected chi connectivity index (χ4v) is 2.69. The minimum Gasteiger partial charge on any atom is -0.474 e. The molecule has 3 rings (SSSR count). The zero-order chi connectivity index (χ0) is 18.2. The summed E-state index contributed by atoms with van der Waals surface area (Å²) in [5.74, 6) is 1.10. The van der Waals surface area contributed by atoms with Crippen molar-refractivity contribution in [3.63, 3.8) is 0 Å². The molecular weight excluding hydrogens is 464 g/mol. The van der Waals surface area contributed by atoms with Crippen LogP contribution in [0.5, 0.6) is 5.88 Å². The van der Waals surface area contributed by atoms with Crippen LogP contribution < -0.4 is 15.0 Å². The number of halogens is 2. The Balaban J connectivity index is 0.00000261. The quantitative estimate of drug-likeness (QED) is 0.296.